The Balaban J connectivity index is 1.75. The number of nitrogens with one attached hydrogen (secondary N) is 1. The number of methoxy groups -OCH3 is 1. The maximum absolute atomic E-state index is 13.2. The van der Waals surface area contributed by atoms with Crippen LogP contribution in [0.1, 0.15) is 41.4 Å². The number of piperidine rings is 1. The van der Waals surface area contributed by atoms with Gasteiger partial charge >= 0.3 is 0 Å². The number of hydrogen-bond donors (Lipinski definition) is 1. The van der Waals surface area contributed by atoms with Crippen molar-refractivity contribution in [2.24, 2.45) is 5.92 Å². The van der Waals surface area contributed by atoms with Gasteiger partial charge in [0, 0.05) is 24.2 Å². The molecular weight excluding hydrogens is 374 g/mol. The van der Waals surface area contributed by atoms with E-state index < -0.39 is 0 Å². The van der Waals surface area contributed by atoms with Crippen LogP contribution in [0.3, 0.4) is 0 Å². The van der Waals surface area contributed by atoms with Gasteiger partial charge in [-0.1, -0.05) is 13.0 Å². The van der Waals surface area contributed by atoms with Crippen molar-refractivity contribution in [1.29, 1.82) is 0 Å². The predicted molar refractivity (Wildman–Crippen MR) is 122 cm³/mol. The molecule has 0 atom stereocenters. The quantitative estimate of drug-likeness (QED) is 0.627. The molecule has 2 aromatic carbocycles. The van der Waals surface area contributed by atoms with Crippen molar-refractivity contribution in [2.45, 2.75) is 33.6 Å². The zero-order chi connectivity index (χ0) is 21.3. The summed E-state index contributed by atoms with van der Waals surface area (Å²) in [7, 11) is 1.65. The predicted octanol–water partition coefficient (Wildman–Crippen LogP) is 5.48. The fourth-order valence-corrected chi connectivity index (χ4v) is 3.89. The second-order valence-electron chi connectivity index (χ2n) is 8.34. The number of anilines is 2. The number of likely N-dealkylation sites (tertiary alicyclic amines) is 1. The number of carbonyl (C=O) groups excluding carboxylic acids is 1. The third-order valence-electron chi connectivity index (χ3n) is 6.09. The highest BCUT2D eigenvalue weighted by molar-refractivity contribution is 6.01. The first-order chi connectivity index (χ1) is 14.4. The third kappa shape index (κ3) is 4.11. The lowest BCUT2D eigenvalue weighted by atomic mass is 9.99. The van der Waals surface area contributed by atoms with Crippen LogP contribution in [0.4, 0.5) is 11.4 Å². The molecule has 0 spiro atoms. The molecule has 1 saturated heterocycles. The summed E-state index contributed by atoms with van der Waals surface area (Å²) in [4.78, 5) is 19.8. The van der Waals surface area contributed by atoms with Crippen LogP contribution in [0.25, 0.3) is 10.9 Å². The van der Waals surface area contributed by atoms with Crippen molar-refractivity contribution in [3.8, 4) is 5.75 Å². The van der Waals surface area contributed by atoms with Gasteiger partial charge in [0.25, 0.3) is 5.91 Å². The minimum atomic E-state index is 0.00255. The number of pyridine rings is 1. The van der Waals surface area contributed by atoms with Crippen molar-refractivity contribution in [2.75, 3.05) is 25.5 Å². The van der Waals surface area contributed by atoms with Crippen LogP contribution < -0.4 is 10.1 Å². The molecule has 0 saturated carbocycles. The van der Waals surface area contributed by atoms with E-state index in [1.807, 2.05) is 29.2 Å². The first-order valence-electron chi connectivity index (χ1n) is 10.6. The summed E-state index contributed by atoms with van der Waals surface area (Å²) in [5.74, 6) is 1.44. The number of aromatic nitrogens is 1. The lowest BCUT2D eigenvalue weighted by Gasteiger charge is -2.30. The summed E-state index contributed by atoms with van der Waals surface area (Å²) in [6.07, 6.45) is 2.09. The SMILES string of the molecule is COc1ccc2nc(C(=O)N3CCC(C)CC3)cc(Nc3ccc(C)c(C)c3)c2c1. The molecule has 0 radical (unpaired) electrons. The number of rotatable bonds is 4. The number of nitrogens with zero attached hydrogens (tertiary/aromatic N) is 2. The normalized spacial score (nSPS) is 14.7. The van der Waals surface area contributed by atoms with Crippen LogP contribution in [-0.4, -0.2) is 36.0 Å². The van der Waals surface area contributed by atoms with Crippen LogP contribution in [0.15, 0.2) is 42.5 Å². The Morgan fingerprint density at radius 3 is 2.53 bits per heavy atom. The summed E-state index contributed by atoms with van der Waals surface area (Å²) in [6.45, 7) is 8.03. The molecule has 1 aliphatic heterocycles. The van der Waals surface area contributed by atoms with Crippen molar-refractivity contribution < 1.29 is 9.53 Å². The second-order valence-corrected chi connectivity index (χ2v) is 8.34. The van der Waals surface area contributed by atoms with E-state index in [1.165, 1.54) is 11.1 Å². The summed E-state index contributed by atoms with van der Waals surface area (Å²) in [5.41, 5.74) is 5.56. The number of fused-ring (bicyclic) bond motifs is 1. The Morgan fingerprint density at radius 2 is 1.83 bits per heavy atom. The van der Waals surface area contributed by atoms with Crippen LogP contribution in [0.2, 0.25) is 0 Å². The maximum atomic E-state index is 13.2. The molecule has 1 aliphatic rings. The Hall–Kier alpha value is -3.08. The molecule has 1 amide bonds. The van der Waals surface area contributed by atoms with E-state index in [0.29, 0.717) is 11.6 Å². The zero-order valence-electron chi connectivity index (χ0n) is 18.2. The minimum Gasteiger partial charge on any atom is -0.497 e. The molecular formula is C25H29N3O2. The van der Waals surface area contributed by atoms with E-state index in [4.69, 9.17) is 9.72 Å². The van der Waals surface area contributed by atoms with Gasteiger partial charge in [0.05, 0.1) is 18.3 Å². The smallest absolute Gasteiger partial charge is 0.272 e. The Kier molecular flexibility index (Phi) is 5.62. The Morgan fingerprint density at radius 1 is 1.07 bits per heavy atom. The van der Waals surface area contributed by atoms with Gasteiger partial charge in [0.1, 0.15) is 11.4 Å². The molecule has 0 bridgehead atoms. The second kappa shape index (κ2) is 8.34. The number of hydrogen-bond acceptors (Lipinski definition) is 4. The first kappa shape index (κ1) is 20.2. The summed E-state index contributed by atoms with van der Waals surface area (Å²) in [6, 6.07) is 13.9. The topological polar surface area (TPSA) is 54.5 Å². The van der Waals surface area contributed by atoms with Gasteiger partial charge in [0.15, 0.2) is 0 Å². The van der Waals surface area contributed by atoms with Crippen LogP contribution >= 0.6 is 0 Å². The molecule has 5 nitrogen and oxygen atoms in total. The average molecular weight is 404 g/mol. The van der Waals surface area contributed by atoms with Crippen molar-refractivity contribution in [3.63, 3.8) is 0 Å². The van der Waals surface area contributed by atoms with Gasteiger partial charge in [0.2, 0.25) is 0 Å². The Labute approximate surface area is 178 Å². The summed E-state index contributed by atoms with van der Waals surface area (Å²) < 4.78 is 5.41. The minimum absolute atomic E-state index is 0.00255. The zero-order valence-corrected chi connectivity index (χ0v) is 18.2. The first-order valence-corrected chi connectivity index (χ1v) is 10.6. The number of aryl methyl sites for hydroxylation is 2. The Bertz CT molecular complexity index is 1090. The van der Waals surface area contributed by atoms with Crippen LogP contribution in [0, 0.1) is 19.8 Å². The molecule has 156 valence electrons. The number of carbonyl (C=O) groups is 1. The molecule has 2 heterocycles. The molecule has 4 rings (SSSR count). The molecule has 1 aromatic heterocycles. The maximum Gasteiger partial charge on any atom is 0.272 e. The van der Waals surface area contributed by atoms with Crippen LogP contribution in [-0.2, 0) is 0 Å². The summed E-state index contributed by atoms with van der Waals surface area (Å²) in [5, 5.41) is 4.43. The highest BCUT2D eigenvalue weighted by Crippen LogP contribution is 2.31. The molecule has 0 aliphatic carbocycles. The van der Waals surface area contributed by atoms with Gasteiger partial charge in [-0.25, -0.2) is 4.98 Å². The molecule has 1 N–H and O–H groups in total. The van der Waals surface area contributed by atoms with Crippen molar-refractivity contribution >= 4 is 28.2 Å². The molecule has 1 fully saturated rings. The highest BCUT2D eigenvalue weighted by atomic mass is 16.5. The van der Waals surface area contributed by atoms with Gasteiger partial charge in [-0.3, -0.25) is 4.79 Å². The van der Waals surface area contributed by atoms with Gasteiger partial charge in [-0.05, 0) is 80.1 Å². The monoisotopic (exact) mass is 403 g/mol. The number of benzene rings is 2. The van der Waals surface area contributed by atoms with Gasteiger partial charge in [-0.2, -0.15) is 0 Å². The van der Waals surface area contributed by atoms with E-state index in [2.05, 4.69) is 44.3 Å². The fourth-order valence-electron chi connectivity index (χ4n) is 3.89. The third-order valence-corrected chi connectivity index (χ3v) is 6.09. The molecule has 30 heavy (non-hydrogen) atoms. The largest absolute Gasteiger partial charge is 0.497 e. The van der Waals surface area contributed by atoms with E-state index >= 15 is 0 Å². The highest BCUT2D eigenvalue weighted by Gasteiger charge is 2.23. The summed E-state index contributed by atoms with van der Waals surface area (Å²) >= 11 is 0. The van der Waals surface area contributed by atoms with E-state index in [1.54, 1.807) is 7.11 Å². The van der Waals surface area contributed by atoms with E-state index in [-0.39, 0.29) is 5.91 Å². The lowest BCUT2D eigenvalue weighted by molar-refractivity contribution is 0.0691. The van der Waals surface area contributed by atoms with Crippen LogP contribution in [0.5, 0.6) is 5.75 Å². The van der Waals surface area contributed by atoms with Crippen molar-refractivity contribution in [1.82, 2.24) is 9.88 Å². The lowest BCUT2D eigenvalue weighted by Crippen LogP contribution is -2.38. The van der Waals surface area contributed by atoms with E-state index in [0.717, 1.165) is 54.0 Å². The number of ether oxygens (including phenoxy) is 1. The standard InChI is InChI=1S/C25H29N3O2/c1-16-9-11-28(12-10-16)25(29)24-15-23(26-19-6-5-17(2)18(3)13-19)21-14-20(30-4)7-8-22(21)27-24/h5-8,13-16H,9-12H2,1-4H3,(H,26,27). The molecule has 3 aromatic rings. The van der Waals surface area contributed by atoms with Crippen molar-refractivity contribution in [3.05, 3.63) is 59.3 Å². The van der Waals surface area contributed by atoms with E-state index in [9.17, 15) is 4.79 Å². The van der Waals surface area contributed by atoms with Gasteiger partial charge in [-0.15, -0.1) is 0 Å². The fraction of sp³-hybridized carbons (Fsp3) is 0.360. The molecule has 0 unspecified atom stereocenters. The average Bonchev–Trinajstić information content (AvgIpc) is 2.76. The van der Waals surface area contributed by atoms with Gasteiger partial charge < -0.3 is 15.0 Å². The molecule has 5 heteroatoms. The number of amides is 1.